The van der Waals surface area contributed by atoms with Crippen molar-refractivity contribution in [2.24, 2.45) is 0 Å². The van der Waals surface area contributed by atoms with Crippen molar-refractivity contribution >= 4 is 11.7 Å². The molecule has 0 aliphatic carbocycles. The molecule has 1 aromatic heterocycles. The molecular formula is C13H21N3O2. The Morgan fingerprint density at radius 1 is 1.56 bits per heavy atom. The standard InChI is InChI=1S/C13H21N3O2/c1-10(2)16(3)8-4-6-15-12-9-14-7-5-11(12)13(17)18/h5,7,9-10,15H,4,6,8H2,1-3H3,(H,17,18). The lowest BCUT2D eigenvalue weighted by Gasteiger charge is -2.20. The predicted molar refractivity (Wildman–Crippen MR) is 72.1 cm³/mol. The highest BCUT2D eigenvalue weighted by molar-refractivity contribution is 5.93. The minimum atomic E-state index is -0.931. The Labute approximate surface area is 108 Å². The average Bonchev–Trinajstić information content (AvgIpc) is 2.34. The number of anilines is 1. The molecule has 0 amide bonds. The topological polar surface area (TPSA) is 65.5 Å². The Hall–Kier alpha value is -1.62. The van der Waals surface area contributed by atoms with Gasteiger partial charge in [0.2, 0.25) is 0 Å². The fourth-order valence-electron chi connectivity index (χ4n) is 1.53. The van der Waals surface area contributed by atoms with E-state index in [9.17, 15) is 4.79 Å². The van der Waals surface area contributed by atoms with Gasteiger partial charge in [-0.3, -0.25) is 4.98 Å². The molecule has 0 saturated carbocycles. The normalized spacial score (nSPS) is 10.9. The molecule has 0 spiro atoms. The van der Waals surface area contributed by atoms with E-state index in [2.05, 4.69) is 36.1 Å². The molecule has 0 aliphatic heterocycles. The Morgan fingerprint density at radius 3 is 2.89 bits per heavy atom. The zero-order valence-corrected chi connectivity index (χ0v) is 11.2. The largest absolute Gasteiger partial charge is 0.478 e. The highest BCUT2D eigenvalue weighted by Gasteiger charge is 2.09. The van der Waals surface area contributed by atoms with Gasteiger partial charge >= 0.3 is 5.97 Å². The number of hydrogen-bond acceptors (Lipinski definition) is 4. The third kappa shape index (κ3) is 4.33. The van der Waals surface area contributed by atoms with Crippen molar-refractivity contribution in [3.8, 4) is 0 Å². The molecule has 0 unspecified atom stereocenters. The molecule has 0 radical (unpaired) electrons. The summed E-state index contributed by atoms with van der Waals surface area (Å²) in [6.07, 6.45) is 4.00. The predicted octanol–water partition coefficient (Wildman–Crippen LogP) is 1.92. The van der Waals surface area contributed by atoms with Gasteiger partial charge < -0.3 is 15.3 Å². The molecule has 0 bridgehead atoms. The lowest BCUT2D eigenvalue weighted by Crippen LogP contribution is -2.28. The molecule has 0 atom stereocenters. The minimum absolute atomic E-state index is 0.266. The summed E-state index contributed by atoms with van der Waals surface area (Å²) in [5.41, 5.74) is 0.847. The Balaban J connectivity index is 2.42. The van der Waals surface area contributed by atoms with Gasteiger partial charge in [0, 0.05) is 18.8 Å². The molecule has 5 heteroatoms. The third-order valence-electron chi connectivity index (χ3n) is 2.94. The molecule has 1 rings (SSSR count). The van der Waals surface area contributed by atoms with Crippen LogP contribution in [0.3, 0.4) is 0 Å². The fraction of sp³-hybridized carbons (Fsp3) is 0.538. The van der Waals surface area contributed by atoms with E-state index < -0.39 is 5.97 Å². The number of carboxylic acid groups (broad SMARTS) is 1. The molecule has 18 heavy (non-hydrogen) atoms. The zero-order chi connectivity index (χ0) is 13.5. The summed E-state index contributed by atoms with van der Waals surface area (Å²) in [7, 11) is 2.08. The summed E-state index contributed by atoms with van der Waals surface area (Å²) in [5.74, 6) is -0.931. The second-order valence-corrected chi connectivity index (χ2v) is 4.58. The van der Waals surface area contributed by atoms with Crippen LogP contribution in [0.15, 0.2) is 18.5 Å². The lowest BCUT2D eigenvalue weighted by molar-refractivity contribution is 0.0698. The molecule has 100 valence electrons. The summed E-state index contributed by atoms with van der Waals surface area (Å²) in [4.78, 5) is 17.2. The molecule has 0 aliphatic rings. The number of nitrogens with one attached hydrogen (secondary N) is 1. The van der Waals surface area contributed by atoms with Gasteiger partial charge in [-0.1, -0.05) is 0 Å². The van der Waals surface area contributed by atoms with Crippen LogP contribution in [0.25, 0.3) is 0 Å². The van der Waals surface area contributed by atoms with Gasteiger partial charge in [-0.25, -0.2) is 4.79 Å². The van der Waals surface area contributed by atoms with Crippen molar-refractivity contribution < 1.29 is 9.90 Å². The van der Waals surface area contributed by atoms with E-state index in [4.69, 9.17) is 5.11 Å². The van der Waals surface area contributed by atoms with E-state index >= 15 is 0 Å². The van der Waals surface area contributed by atoms with Gasteiger partial charge in [-0.2, -0.15) is 0 Å². The number of pyridine rings is 1. The van der Waals surface area contributed by atoms with E-state index in [1.807, 2.05) is 0 Å². The van der Waals surface area contributed by atoms with Crippen molar-refractivity contribution in [1.82, 2.24) is 9.88 Å². The summed E-state index contributed by atoms with van der Waals surface area (Å²) < 4.78 is 0. The van der Waals surface area contributed by atoms with E-state index in [-0.39, 0.29) is 5.56 Å². The number of rotatable bonds is 7. The van der Waals surface area contributed by atoms with Crippen molar-refractivity contribution in [2.75, 3.05) is 25.5 Å². The lowest BCUT2D eigenvalue weighted by atomic mass is 10.2. The fourth-order valence-corrected chi connectivity index (χ4v) is 1.53. The SMILES string of the molecule is CC(C)N(C)CCCNc1cnccc1C(=O)O. The van der Waals surface area contributed by atoms with E-state index in [1.165, 1.54) is 12.3 Å². The maximum Gasteiger partial charge on any atom is 0.337 e. The number of carboxylic acids is 1. The van der Waals surface area contributed by atoms with Crippen LogP contribution in [0.5, 0.6) is 0 Å². The summed E-state index contributed by atoms with van der Waals surface area (Å²) in [6, 6.07) is 2.03. The van der Waals surface area contributed by atoms with Crippen LogP contribution in [0.1, 0.15) is 30.6 Å². The molecule has 1 aromatic rings. The Bertz CT molecular complexity index is 394. The highest BCUT2D eigenvalue weighted by atomic mass is 16.4. The molecule has 0 aromatic carbocycles. The van der Waals surface area contributed by atoms with Crippen LogP contribution in [0.2, 0.25) is 0 Å². The summed E-state index contributed by atoms with van der Waals surface area (Å²) >= 11 is 0. The van der Waals surface area contributed by atoms with Gasteiger partial charge in [-0.05, 0) is 39.9 Å². The van der Waals surface area contributed by atoms with Crippen molar-refractivity contribution in [1.29, 1.82) is 0 Å². The van der Waals surface area contributed by atoms with Crippen LogP contribution in [-0.2, 0) is 0 Å². The monoisotopic (exact) mass is 251 g/mol. The molecule has 5 nitrogen and oxygen atoms in total. The quantitative estimate of drug-likeness (QED) is 0.725. The number of nitrogens with zero attached hydrogens (tertiary/aromatic N) is 2. The van der Waals surface area contributed by atoms with Gasteiger partial charge in [0.1, 0.15) is 0 Å². The highest BCUT2D eigenvalue weighted by Crippen LogP contribution is 2.12. The van der Waals surface area contributed by atoms with E-state index in [0.29, 0.717) is 11.7 Å². The second kappa shape index (κ2) is 6.96. The van der Waals surface area contributed by atoms with Gasteiger partial charge in [0.25, 0.3) is 0 Å². The van der Waals surface area contributed by atoms with E-state index in [0.717, 1.165) is 19.5 Å². The summed E-state index contributed by atoms with van der Waals surface area (Å²) in [6.45, 7) is 6.02. The Kier molecular flexibility index (Phi) is 5.58. The van der Waals surface area contributed by atoms with Crippen LogP contribution in [-0.4, -0.2) is 47.1 Å². The molecule has 2 N–H and O–H groups in total. The van der Waals surface area contributed by atoms with Crippen LogP contribution >= 0.6 is 0 Å². The van der Waals surface area contributed by atoms with Crippen LogP contribution < -0.4 is 5.32 Å². The maximum absolute atomic E-state index is 11.0. The molecular weight excluding hydrogens is 230 g/mol. The summed E-state index contributed by atoms with van der Waals surface area (Å²) in [5, 5.41) is 12.1. The Morgan fingerprint density at radius 2 is 2.28 bits per heavy atom. The van der Waals surface area contributed by atoms with Crippen molar-refractivity contribution in [3.05, 3.63) is 24.0 Å². The second-order valence-electron chi connectivity index (χ2n) is 4.58. The number of aromatic nitrogens is 1. The van der Waals surface area contributed by atoms with Crippen molar-refractivity contribution in [3.63, 3.8) is 0 Å². The first-order valence-electron chi connectivity index (χ1n) is 6.13. The van der Waals surface area contributed by atoms with Crippen molar-refractivity contribution in [2.45, 2.75) is 26.3 Å². The van der Waals surface area contributed by atoms with Crippen LogP contribution in [0.4, 0.5) is 5.69 Å². The van der Waals surface area contributed by atoms with Gasteiger partial charge in [-0.15, -0.1) is 0 Å². The first kappa shape index (κ1) is 14.4. The zero-order valence-electron chi connectivity index (χ0n) is 11.2. The minimum Gasteiger partial charge on any atom is -0.478 e. The molecule has 0 saturated heterocycles. The van der Waals surface area contributed by atoms with Gasteiger partial charge in [0.05, 0.1) is 17.4 Å². The third-order valence-corrected chi connectivity index (χ3v) is 2.94. The first-order valence-corrected chi connectivity index (χ1v) is 6.13. The smallest absolute Gasteiger partial charge is 0.337 e. The maximum atomic E-state index is 11.0. The average molecular weight is 251 g/mol. The van der Waals surface area contributed by atoms with E-state index in [1.54, 1.807) is 6.20 Å². The van der Waals surface area contributed by atoms with Gasteiger partial charge in [0.15, 0.2) is 0 Å². The van der Waals surface area contributed by atoms with Crippen LogP contribution in [0, 0.1) is 0 Å². The number of aromatic carboxylic acids is 1. The number of carbonyl (C=O) groups is 1. The molecule has 0 fully saturated rings. The number of hydrogen-bond donors (Lipinski definition) is 2. The first-order chi connectivity index (χ1) is 8.52. The molecule has 1 heterocycles.